The van der Waals surface area contributed by atoms with E-state index < -0.39 is 0 Å². The lowest BCUT2D eigenvalue weighted by atomic mass is 10.1. The second-order valence-corrected chi connectivity index (χ2v) is 5.13. The normalized spacial score (nSPS) is 10.2. The van der Waals surface area contributed by atoms with Gasteiger partial charge < -0.3 is 14.8 Å². The second kappa shape index (κ2) is 10.1. The number of methoxy groups -OCH3 is 2. The van der Waals surface area contributed by atoms with E-state index in [0.717, 1.165) is 12.8 Å². The Balaban J connectivity index is 2.37. The summed E-state index contributed by atoms with van der Waals surface area (Å²) in [5.74, 6) is 1.36. The van der Waals surface area contributed by atoms with Crippen LogP contribution in [0.15, 0.2) is 18.2 Å². The molecule has 118 valence electrons. The number of ether oxygens (including phenoxy) is 2. The Bertz CT molecular complexity index is 432. The van der Waals surface area contributed by atoms with Crippen LogP contribution in [-0.4, -0.2) is 20.1 Å². The van der Waals surface area contributed by atoms with Crippen LogP contribution in [0.3, 0.4) is 0 Å². The minimum Gasteiger partial charge on any atom is -0.497 e. The molecule has 0 bridgehead atoms. The number of hydrogen-bond donors (Lipinski definition) is 1. The van der Waals surface area contributed by atoms with Crippen LogP contribution >= 0.6 is 0 Å². The van der Waals surface area contributed by atoms with Gasteiger partial charge in [0.05, 0.1) is 19.9 Å². The highest BCUT2D eigenvalue weighted by atomic mass is 16.5. The summed E-state index contributed by atoms with van der Waals surface area (Å²) < 4.78 is 10.4. The Hall–Kier alpha value is -1.71. The number of amides is 1. The van der Waals surface area contributed by atoms with Crippen molar-refractivity contribution in [1.29, 1.82) is 0 Å². The van der Waals surface area contributed by atoms with Crippen molar-refractivity contribution in [3.8, 4) is 11.5 Å². The predicted octanol–water partition coefficient (Wildman–Crippen LogP) is 4.39. The summed E-state index contributed by atoms with van der Waals surface area (Å²) in [7, 11) is 3.18. The Kier molecular flexibility index (Phi) is 8.32. The highest BCUT2D eigenvalue weighted by Gasteiger charge is 2.08. The van der Waals surface area contributed by atoms with Gasteiger partial charge in [0, 0.05) is 12.5 Å². The van der Waals surface area contributed by atoms with Gasteiger partial charge in [0.1, 0.15) is 11.5 Å². The van der Waals surface area contributed by atoms with Crippen LogP contribution < -0.4 is 14.8 Å². The molecular formula is C17H27NO3. The number of carbonyl (C=O) groups is 1. The van der Waals surface area contributed by atoms with Crippen LogP contribution in [0.1, 0.15) is 51.9 Å². The van der Waals surface area contributed by atoms with Gasteiger partial charge in [0.25, 0.3) is 0 Å². The summed E-state index contributed by atoms with van der Waals surface area (Å²) in [5.41, 5.74) is 0.689. The van der Waals surface area contributed by atoms with E-state index in [-0.39, 0.29) is 5.91 Å². The van der Waals surface area contributed by atoms with Crippen molar-refractivity contribution in [3.05, 3.63) is 18.2 Å². The van der Waals surface area contributed by atoms with Gasteiger partial charge >= 0.3 is 0 Å². The molecule has 4 heteroatoms. The summed E-state index contributed by atoms with van der Waals surface area (Å²) in [6.45, 7) is 2.20. The van der Waals surface area contributed by atoms with Gasteiger partial charge in [-0.1, -0.05) is 39.0 Å². The zero-order chi connectivity index (χ0) is 15.5. The molecular weight excluding hydrogens is 266 g/mol. The van der Waals surface area contributed by atoms with Crippen molar-refractivity contribution in [2.45, 2.75) is 51.9 Å². The summed E-state index contributed by atoms with van der Waals surface area (Å²) in [4.78, 5) is 11.9. The molecule has 0 atom stereocenters. The van der Waals surface area contributed by atoms with Crippen LogP contribution in [-0.2, 0) is 4.79 Å². The predicted molar refractivity (Wildman–Crippen MR) is 86.2 cm³/mol. The molecule has 0 aliphatic carbocycles. The van der Waals surface area contributed by atoms with E-state index in [4.69, 9.17) is 9.47 Å². The molecule has 1 rings (SSSR count). The van der Waals surface area contributed by atoms with E-state index in [9.17, 15) is 4.79 Å². The number of anilines is 1. The third kappa shape index (κ3) is 6.52. The fourth-order valence-electron chi connectivity index (χ4n) is 2.18. The van der Waals surface area contributed by atoms with Crippen molar-refractivity contribution < 1.29 is 14.3 Å². The minimum atomic E-state index is 0.0361. The molecule has 0 unspecified atom stereocenters. The molecule has 1 aromatic carbocycles. The molecule has 4 nitrogen and oxygen atoms in total. The average Bonchev–Trinajstić information content (AvgIpc) is 2.51. The highest BCUT2D eigenvalue weighted by Crippen LogP contribution is 2.29. The van der Waals surface area contributed by atoms with Gasteiger partial charge in [0.15, 0.2) is 0 Å². The summed E-state index contributed by atoms with van der Waals surface area (Å²) in [6.07, 6.45) is 7.63. The SMILES string of the molecule is CCCCCCCCC(=O)Nc1ccc(OC)cc1OC. The zero-order valence-electron chi connectivity index (χ0n) is 13.4. The average molecular weight is 293 g/mol. The van der Waals surface area contributed by atoms with Gasteiger partial charge in [-0.25, -0.2) is 0 Å². The van der Waals surface area contributed by atoms with Crippen molar-refractivity contribution >= 4 is 11.6 Å². The number of carbonyl (C=O) groups excluding carboxylic acids is 1. The maximum atomic E-state index is 11.9. The van der Waals surface area contributed by atoms with E-state index >= 15 is 0 Å². The van der Waals surface area contributed by atoms with Crippen molar-refractivity contribution in [2.24, 2.45) is 0 Å². The summed E-state index contributed by atoms with van der Waals surface area (Å²) in [5, 5.41) is 2.90. The Morgan fingerprint density at radius 3 is 2.43 bits per heavy atom. The Morgan fingerprint density at radius 1 is 1.05 bits per heavy atom. The molecule has 0 aliphatic rings. The van der Waals surface area contributed by atoms with E-state index in [2.05, 4.69) is 12.2 Å². The van der Waals surface area contributed by atoms with Gasteiger partial charge in [0.2, 0.25) is 5.91 Å². The maximum absolute atomic E-state index is 11.9. The van der Waals surface area contributed by atoms with Crippen molar-refractivity contribution in [3.63, 3.8) is 0 Å². The molecule has 1 aromatic rings. The topological polar surface area (TPSA) is 47.6 Å². The van der Waals surface area contributed by atoms with Crippen LogP contribution in [0.2, 0.25) is 0 Å². The molecule has 0 fully saturated rings. The van der Waals surface area contributed by atoms with Crippen molar-refractivity contribution in [1.82, 2.24) is 0 Å². The van der Waals surface area contributed by atoms with E-state index in [0.29, 0.717) is 23.6 Å². The van der Waals surface area contributed by atoms with Gasteiger partial charge in [-0.05, 0) is 18.6 Å². The molecule has 21 heavy (non-hydrogen) atoms. The lowest BCUT2D eigenvalue weighted by Crippen LogP contribution is -2.12. The highest BCUT2D eigenvalue weighted by molar-refractivity contribution is 5.92. The smallest absolute Gasteiger partial charge is 0.224 e. The molecule has 0 aliphatic heterocycles. The number of nitrogens with one attached hydrogen (secondary N) is 1. The first kappa shape index (κ1) is 17.3. The first-order chi connectivity index (χ1) is 10.2. The molecule has 0 heterocycles. The third-order valence-corrected chi connectivity index (χ3v) is 3.44. The number of benzene rings is 1. The van der Waals surface area contributed by atoms with Crippen molar-refractivity contribution in [2.75, 3.05) is 19.5 Å². The fraction of sp³-hybridized carbons (Fsp3) is 0.588. The standard InChI is InChI=1S/C17H27NO3/c1-4-5-6-7-8-9-10-17(19)18-15-12-11-14(20-2)13-16(15)21-3/h11-13H,4-10H2,1-3H3,(H,18,19). The third-order valence-electron chi connectivity index (χ3n) is 3.44. The van der Waals surface area contributed by atoms with Crippen LogP contribution in [0.5, 0.6) is 11.5 Å². The molecule has 0 saturated carbocycles. The molecule has 0 saturated heterocycles. The lowest BCUT2D eigenvalue weighted by Gasteiger charge is -2.11. The molecule has 1 N–H and O–H groups in total. The second-order valence-electron chi connectivity index (χ2n) is 5.13. The van der Waals surface area contributed by atoms with Crippen LogP contribution in [0.4, 0.5) is 5.69 Å². The molecule has 1 amide bonds. The van der Waals surface area contributed by atoms with Gasteiger partial charge in [-0.15, -0.1) is 0 Å². The fourth-order valence-corrected chi connectivity index (χ4v) is 2.18. The summed E-state index contributed by atoms with van der Waals surface area (Å²) in [6, 6.07) is 5.38. The first-order valence-electron chi connectivity index (χ1n) is 7.73. The first-order valence-corrected chi connectivity index (χ1v) is 7.73. The minimum absolute atomic E-state index is 0.0361. The number of unbranched alkanes of at least 4 members (excludes halogenated alkanes) is 5. The van der Waals surface area contributed by atoms with Crippen LogP contribution in [0, 0.1) is 0 Å². The van der Waals surface area contributed by atoms with Crippen LogP contribution in [0.25, 0.3) is 0 Å². The van der Waals surface area contributed by atoms with Gasteiger partial charge in [-0.3, -0.25) is 4.79 Å². The summed E-state index contributed by atoms with van der Waals surface area (Å²) >= 11 is 0. The van der Waals surface area contributed by atoms with E-state index in [1.165, 1.54) is 25.7 Å². The zero-order valence-corrected chi connectivity index (χ0v) is 13.4. The van der Waals surface area contributed by atoms with Gasteiger partial charge in [-0.2, -0.15) is 0 Å². The molecule has 0 aromatic heterocycles. The monoisotopic (exact) mass is 293 g/mol. The largest absolute Gasteiger partial charge is 0.497 e. The lowest BCUT2D eigenvalue weighted by molar-refractivity contribution is -0.116. The molecule has 0 radical (unpaired) electrons. The van der Waals surface area contributed by atoms with E-state index in [1.807, 2.05) is 6.07 Å². The Labute approximate surface area is 127 Å². The number of hydrogen-bond acceptors (Lipinski definition) is 3. The van der Waals surface area contributed by atoms with E-state index in [1.54, 1.807) is 26.4 Å². The quantitative estimate of drug-likeness (QED) is 0.651. The number of rotatable bonds is 10. The molecule has 0 spiro atoms. The maximum Gasteiger partial charge on any atom is 0.224 e. The Morgan fingerprint density at radius 2 is 1.76 bits per heavy atom.